The molecule has 2 heterocycles. The molecule has 2 aliphatic heterocycles. The van der Waals surface area contributed by atoms with Crippen LogP contribution in [0.3, 0.4) is 0 Å². The van der Waals surface area contributed by atoms with Crippen molar-refractivity contribution in [1.29, 1.82) is 0 Å². The number of carbonyl (C=O) groups excluding carboxylic acids is 3. The number of hydrogen-bond acceptors (Lipinski definition) is 5. The first kappa shape index (κ1) is 23.8. The van der Waals surface area contributed by atoms with Gasteiger partial charge < -0.3 is 5.32 Å². The van der Waals surface area contributed by atoms with Crippen LogP contribution >= 0.6 is 24.0 Å². The second kappa shape index (κ2) is 10.3. The number of thioether (sulfide) groups is 1. The van der Waals surface area contributed by atoms with Gasteiger partial charge in [-0.15, -0.1) is 0 Å². The monoisotopic (exact) mass is 505 g/mol. The summed E-state index contributed by atoms with van der Waals surface area (Å²) in [7, 11) is 0. The topological polar surface area (TPSA) is 69.7 Å². The van der Waals surface area contributed by atoms with Crippen molar-refractivity contribution in [2.75, 3.05) is 18.0 Å². The van der Waals surface area contributed by atoms with Crippen molar-refractivity contribution >= 4 is 57.3 Å². The molecule has 8 heteroatoms. The average Bonchev–Trinajstić information content (AvgIpc) is 3.32. The van der Waals surface area contributed by atoms with Gasteiger partial charge >= 0.3 is 0 Å². The van der Waals surface area contributed by atoms with E-state index >= 15 is 0 Å². The van der Waals surface area contributed by atoms with Gasteiger partial charge in [-0.25, -0.2) is 0 Å². The Hall–Kier alpha value is -2.97. The number of nitrogens with one attached hydrogen (secondary N) is 1. The maximum atomic E-state index is 13.6. The molecule has 180 valence electrons. The molecule has 0 radical (unpaired) electrons. The third-order valence-electron chi connectivity index (χ3n) is 6.77. The number of rotatable bonds is 6. The van der Waals surface area contributed by atoms with Crippen molar-refractivity contribution in [1.82, 2.24) is 10.2 Å². The maximum Gasteiger partial charge on any atom is 0.267 e. The van der Waals surface area contributed by atoms with E-state index in [2.05, 4.69) is 5.32 Å². The number of anilines is 1. The van der Waals surface area contributed by atoms with Crippen LogP contribution in [-0.2, 0) is 20.8 Å². The third-order valence-corrected chi connectivity index (χ3v) is 8.17. The van der Waals surface area contributed by atoms with Crippen molar-refractivity contribution < 1.29 is 14.4 Å². The summed E-state index contributed by atoms with van der Waals surface area (Å²) in [4.78, 5) is 43.3. The molecule has 2 aromatic rings. The fourth-order valence-corrected chi connectivity index (χ4v) is 6.50. The molecule has 2 fully saturated rings. The summed E-state index contributed by atoms with van der Waals surface area (Å²) in [5.41, 5.74) is 2.82. The molecular weight excluding hydrogens is 478 g/mol. The molecule has 6 nitrogen and oxygen atoms in total. The summed E-state index contributed by atoms with van der Waals surface area (Å²) >= 11 is 6.79. The first-order chi connectivity index (χ1) is 17.0. The van der Waals surface area contributed by atoms with Gasteiger partial charge in [-0.2, -0.15) is 0 Å². The molecule has 1 aliphatic carbocycles. The van der Waals surface area contributed by atoms with Crippen molar-refractivity contribution in [3.8, 4) is 0 Å². The summed E-state index contributed by atoms with van der Waals surface area (Å²) in [6.07, 6.45) is 5.95. The molecule has 0 unspecified atom stereocenters. The molecule has 1 saturated heterocycles. The number of amides is 3. The van der Waals surface area contributed by atoms with Gasteiger partial charge in [-0.1, -0.05) is 91.8 Å². The van der Waals surface area contributed by atoms with Crippen LogP contribution in [0.4, 0.5) is 5.69 Å². The number of hydrogen-bond donors (Lipinski definition) is 1. The number of para-hydroxylation sites is 1. The average molecular weight is 506 g/mol. The van der Waals surface area contributed by atoms with Crippen molar-refractivity contribution in [3.63, 3.8) is 0 Å². The van der Waals surface area contributed by atoms with Gasteiger partial charge in [0.1, 0.15) is 10.9 Å². The summed E-state index contributed by atoms with van der Waals surface area (Å²) in [6, 6.07) is 17.4. The predicted molar refractivity (Wildman–Crippen MR) is 143 cm³/mol. The van der Waals surface area contributed by atoms with Gasteiger partial charge in [0.15, 0.2) is 0 Å². The highest BCUT2D eigenvalue weighted by Gasteiger charge is 2.44. The Morgan fingerprint density at radius 3 is 2.46 bits per heavy atom. The minimum absolute atomic E-state index is 0.100. The lowest BCUT2D eigenvalue weighted by Gasteiger charge is -2.29. The lowest BCUT2D eigenvalue weighted by Crippen LogP contribution is -2.40. The number of thiocarbonyl (C=S) groups is 1. The Balaban J connectivity index is 1.34. The first-order valence-corrected chi connectivity index (χ1v) is 13.3. The highest BCUT2D eigenvalue weighted by Crippen LogP contribution is 2.45. The van der Waals surface area contributed by atoms with E-state index in [0.717, 1.165) is 31.2 Å². The molecule has 35 heavy (non-hydrogen) atoms. The molecule has 3 aliphatic rings. The van der Waals surface area contributed by atoms with Crippen LogP contribution in [0.2, 0.25) is 0 Å². The SMILES string of the molecule is O=C(CN1C(=O)/C(=C2\SC(=S)N(C3CCCCC3)C2=O)c2ccccc21)NCCc1ccccc1. The van der Waals surface area contributed by atoms with E-state index in [-0.39, 0.29) is 30.3 Å². The van der Waals surface area contributed by atoms with Gasteiger partial charge in [0.25, 0.3) is 11.8 Å². The summed E-state index contributed by atoms with van der Waals surface area (Å²) in [5.74, 6) is -0.743. The molecule has 5 rings (SSSR count). The molecule has 2 aromatic carbocycles. The van der Waals surface area contributed by atoms with E-state index in [0.29, 0.717) is 39.0 Å². The lowest BCUT2D eigenvalue weighted by atomic mass is 9.94. The van der Waals surface area contributed by atoms with Crippen LogP contribution in [0.15, 0.2) is 59.5 Å². The Kier molecular flexibility index (Phi) is 7.02. The van der Waals surface area contributed by atoms with E-state index in [1.807, 2.05) is 54.6 Å². The number of benzene rings is 2. The van der Waals surface area contributed by atoms with E-state index in [4.69, 9.17) is 12.2 Å². The van der Waals surface area contributed by atoms with Crippen molar-refractivity contribution in [3.05, 3.63) is 70.6 Å². The molecule has 0 bridgehead atoms. The molecule has 1 N–H and O–H groups in total. The van der Waals surface area contributed by atoms with Gasteiger partial charge in [-0.05, 0) is 30.9 Å². The van der Waals surface area contributed by atoms with E-state index in [1.54, 1.807) is 4.90 Å². The Bertz CT molecular complexity index is 1210. The van der Waals surface area contributed by atoms with Crippen LogP contribution in [0.1, 0.15) is 43.2 Å². The fraction of sp³-hybridized carbons (Fsp3) is 0.333. The Morgan fingerprint density at radius 1 is 0.971 bits per heavy atom. The molecule has 1 saturated carbocycles. The Labute approximate surface area is 214 Å². The molecular formula is C27H27N3O3S2. The largest absolute Gasteiger partial charge is 0.354 e. The first-order valence-electron chi connectivity index (χ1n) is 12.1. The van der Waals surface area contributed by atoms with Crippen LogP contribution in [0.5, 0.6) is 0 Å². The minimum atomic E-state index is -0.325. The van der Waals surface area contributed by atoms with Gasteiger partial charge in [0, 0.05) is 18.2 Å². The second-order valence-electron chi connectivity index (χ2n) is 9.03. The zero-order valence-corrected chi connectivity index (χ0v) is 21.0. The smallest absolute Gasteiger partial charge is 0.267 e. The predicted octanol–water partition coefficient (Wildman–Crippen LogP) is 4.30. The van der Waals surface area contributed by atoms with Gasteiger partial charge in [0.2, 0.25) is 5.91 Å². The van der Waals surface area contributed by atoms with E-state index in [9.17, 15) is 14.4 Å². The van der Waals surface area contributed by atoms with E-state index < -0.39 is 0 Å². The van der Waals surface area contributed by atoms with Crippen LogP contribution < -0.4 is 10.2 Å². The maximum absolute atomic E-state index is 13.6. The van der Waals surface area contributed by atoms with Gasteiger partial charge in [-0.3, -0.25) is 24.2 Å². The van der Waals surface area contributed by atoms with Crippen LogP contribution in [0, 0.1) is 0 Å². The standard InChI is InChI=1S/C27H27N3O3S2/c31-22(28-16-15-18-9-3-1-4-10-18)17-29-21-14-8-7-13-20(21)23(25(29)32)24-26(33)30(27(34)35-24)19-11-5-2-6-12-19/h1,3-4,7-10,13-14,19H,2,5-6,11-12,15-17H2,(H,28,31)/b24-23-. The van der Waals surface area contributed by atoms with Crippen LogP contribution in [-0.4, -0.2) is 46.1 Å². The minimum Gasteiger partial charge on any atom is -0.354 e. The zero-order chi connectivity index (χ0) is 24.4. The summed E-state index contributed by atoms with van der Waals surface area (Å²) < 4.78 is 0.520. The number of fused-ring (bicyclic) bond motifs is 1. The fourth-order valence-electron chi connectivity index (χ4n) is 5.03. The van der Waals surface area contributed by atoms with Crippen molar-refractivity contribution in [2.45, 2.75) is 44.6 Å². The third kappa shape index (κ3) is 4.77. The lowest BCUT2D eigenvalue weighted by molar-refractivity contribution is -0.124. The molecule has 0 atom stereocenters. The van der Waals surface area contributed by atoms with Gasteiger partial charge in [0.05, 0.1) is 16.2 Å². The number of nitrogens with zero attached hydrogens (tertiary/aromatic N) is 2. The molecule has 0 aromatic heterocycles. The van der Waals surface area contributed by atoms with Crippen molar-refractivity contribution in [2.24, 2.45) is 0 Å². The summed E-state index contributed by atoms with van der Waals surface area (Å²) in [6.45, 7) is 0.385. The zero-order valence-electron chi connectivity index (χ0n) is 19.4. The van der Waals surface area contributed by atoms with Crippen LogP contribution in [0.25, 0.3) is 5.57 Å². The molecule has 0 spiro atoms. The highest BCUT2D eigenvalue weighted by molar-refractivity contribution is 8.26. The second-order valence-corrected chi connectivity index (χ2v) is 10.7. The van der Waals surface area contributed by atoms with E-state index in [1.165, 1.54) is 23.1 Å². The quantitative estimate of drug-likeness (QED) is 0.468. The Morgan fingerprint density at radius 2 is 1.69 bits per heavy atom. The normalized spacial score (nSPS) is 20.5. The number of carbonyl (C=O) groups is 3. The summed E-state index contributed by atoms with van der Waals surface area (Å²) in [5, 5.41) is 2.91. The highest BCUT2D eigenvalue weighted by atomic mass is 32.2. The molecule has 3 amide bonds.